The van der Waals surface area contributed by atoms with Gasteiger partial charge in [-0.05, 0) is 31.4 Å². The van der Waals surface area contributed by atoms with Crippen LogP contribution in [0.15, 0.2) is 22.3 Å². The number of hydrogen-bond acceptors (Lipinski definition) is 2. The Balaban J connectivity index is 2.90. The Bertz CT molecular complexity index is 264. The summed E-state index contributed by atoms with van der Waals surface area (Å²) in [4.78, 5) is 11.1. The van der Waals surface area contributed by atoms with Crippen LogP contribution in [0.5, 0.6) is 0 Å². The second kappa shape index (κ2) is 3.76. The van der Waals surface area contributed by atoms with Gasteiger partial charge in [0.2, 0.25) is 0 Å². The zero-order valence-electron chi connectivity index (χ0n) is 7.19. The topological polar surface area (TPSA) is 26.3 Å². The number of allylic oxidation sites excluding steroid dienone is 3. The van der Waals surface area contributed by atoms with Crippen LogP contribution in [0, 0.1) is 0 Å². The molecule has 1 aliphatic rings. The molecule has 0 atom stereocenters. The van der Waals surface area contributed by atoms with E-state index in [0.717, 1.165) is 22.6 Å². The lowest BCUT2D eigenvalue weighted by Crippen LogP contribution is -2.09. The fourth-order valence-corrected chi connectivity index (χ4v) is 1.48. The minimum atomic E-state index is -0.243. The molecule has 0 unspecified atom stereocenters. The molecule has 0 saturated heterocycles. The van der Waals surface area contributed by atoms with Crippen molar-refractivity contribution < 1.29 is 9.53 Å². The van der Waals surface area contributed by atoms with Crippen LogP contribution in [0.2, 0.25) is 0 Å². The minimum Gasteiger partial charge on any atom is -0.466 e. The van der Waals surface area contributed by atoms with E-state index in [1.807, 2.05) is 13.0 Å². The zero-order chi connectivity index (χ0) is 9.14. The lowest BCUT2D eigenvalue weighted by Gasteiger charge is -2.12. The first kappa shape index (κ1) is 9.33. The van der Waals surface area contributed by atoms with Gasteiger partial charge >= 0.3 is 5.97 Å². The monoisotopic (exact) mass is 186 g/mol. The summed E-state index contributed by atoms with van der Waals surface area (Å²) < 4.78 is 4.63. The molecule has 0 amide bonds. The molecule has 0 aliphatic heterocycles. The first-order valence-corrected chi connectivity index (χ1v) is 4.17. The Morgan fingerprint density at radius 1 is 1.58 bits per heavy atom. The molecule has 0 aromatic rings. The molecule has 3 heteroatoms. The number of hydrogen-bond donors (Lipinski definition) is 0. The number of halogens is 1. The van der Waals surface area contributed by atoms with Crippen molar-refractivity contribution in [2.45, 2.75) is 19.8 Å². The molecule has 0 spiro atoms. The van der Waals surface area contributed by atoms with Gasteiger partial charge in [0.25, 0.3) is 0 Å². The van der Waals surface area contributed by atoms with Gasteiger partial charge in [0, 0.05) is 10.6 Å². The average molecular weight is 187 g/mol. The number of esters is 1. The molecule has 0 aromatic heterocycles. The molecule has 0 saturated carbocycles. The number of ether oxygens (including phenoxy) is 1. The predicted octanol–water partition coefficient (Wildman–Crippen LogP) is 2.39. The first-order chi connectivity index (χ1) is 5.65. The molecule has 0 heterocycles. The molecule has 1 aliphatic carbocycles. The summed E-state index contributed by atoms with van der Waals surface area (Å²) in [5.41, 5.74) is 1.65. The van der Waals surface area contributed by atoms with Gasteiger partial charge < -0.3 is 4.74 Å². The predicted molar refractivity (Wildman–Crippen MR) is 47.9 cm³/mol. The van der Waals surface area contributed by atoms with E-state index in [-0.39, 0.29) is 5.97 Å². The molecule has 2 nitrogen and oxygen atoms in total. The van der Waals surface area contributed by atoms with Gasteiger partial charge in [-0.15, -0.1) is 0 Å². The quantitative estimate of drug-likeness (QED) is 0.588. The summed E-state index contributed by atoms with van der Waals surface area (Å²) in [7, 11) is 1.39. The minimum absolute atomic E-state index is 0.243. The third-order valence-corrected chi connectivity index (χ3v) is 2.19. The van der Waals surface area contributed by atoms with Crippen molar-refractivity contribution in [1.29, 1.82) is 0 Å². The van der Waals surface area contributed by atoms with Gasteiger partial charge in [-0.25, -0.2) is 4.79 Å². The molecule has 0 bridgehead atoms. The normalized spacial score (nSPS) is 17.4. The van der Waals surface area contributed by atoms with Crippen LogP contribution in [0.1, 0.15) is 19.8 Å². The second-order valence-electron chi connectivity index (χ2n) is 2.74. The van der Waals surface area contributed by atoms with Gasteiger partial charge in [-0.1, -0.05) is 11.6 Å². The number of rotatable bonds is 1. The number of methoxy groups -OCH3 is 1. The summed E-state index contributed by atoms with van der Waals surface area (Å²) >= 11 is 5.80. The lowest BCUT2D eigenvalue weighted by molar-refractivity contribution is -0.136. The fraction of sp³-hybridized carbons (Fsp3) is 0.444. The highest BCUT2D eigenvalue weighted by molar-refractivity contribution is 6.30. The van der Waals surface area contributed by atoms with Crippen molar-refractivity contribution in [1.82, 2.24) is 0 Å². The van der Waals surface area contributed by atoms with Crippen molar-refractivity contribution in [3.63, 3.8) is 0 Å². The molecule has 0 aromatic carbocycles. The Labute approximate surface area is 76.9 Å². The van der Waals surface area contributed by atoms with Crippen LogP contribution in [-0.2, 0) is 9.53 Å². The molecule has 0 fully saturated rings. The van der Waals surface area contributed by atoms with Gasteiger partial charge in [-0.3, -0.25) is 0 Å². The number of carbonyl (C=O) groups is 1. The molecule has 66 valence electrons. The standard InChI is InChI=1S/C9H11ClO2/c1-6-5-7(10)3-4-8(6)9(11)12-2/h5H,3-4H2,1-2H3. The van der Waals surface area contributed by atoms with Crippen LogP contribution < -0.4 is 0 Å². The fourth-order valence-electron chi connectivity index (χ4n) is 1.22. The highest BCUT2D eigenvalue weighted by atomic mass is 35.5. The van der Waals surface area contributed by atoms with Crippen molar-refractivity contribution >= 4 is 17.6 Å². The SMILES string of the molecule is COC(=O)C1=C(C)C=C(Cl)CC1. The maximum absolute atomic E-state index is 11.1. The maximum atomic E-state index is 11.1. The van der Waals surface area contributed by atoms with Gasteiger partial charge in [0.15, 0.2) is 0 Å². The summed E-state index contributed by atoms with van der Waals surface area (Å²) in [6, 6.07) is 0. The van der Waals surface area contributed by atoms with E-state index < -0.39 is 0 Å². The largest absolute Gasteiger partial charge is 0.466 e. The molecule has 0 N–H and O–H groups in total. The lowest BCUT2D eigenvalue weighted by atomic mass is 9.99. The summed E-state index contributed by atoms with van der Waals surface area (Å²) in [5.74, 6) is -0.243. The van der Waals surface area contributed by atoms with Crippen molar-refractivity contribution in [2.75, 3.05) is 7.11 Å². The molecular formula is C9H11ClO2. The van der Waals surface area contributed by atoms with E-state index in [9.17, 15) is 4.79 Å². The van der Waals surface area contributed by atoms with E-state index in [2.05, 4.69) is 4.74 Å². The third-order valence-electron chi connectivity index (χ3n) is 1.89. The third kappa shape index (κ3) is 1.89. The zero-order valence-corrected chi connectivity index (χ0v) is 7.94. The summed E-state index contributed by atoms with van der Waals surface area (Å²) in [6.07, 6.45) is 3.24. The van der Waals surface area contributed by atoms with E-state index >= 15 is 0 Å². The van der Waals surface area contributed by atoms with Crippen LogP contribution in [0.3, 0.4) is 0 Å². The van der Waals surface area contributed by atoms with Crippen LogP contribution in [-0.4, -0.2) is 13.1 Å². The van der Waals surface area contributed by atoms with E-state index in [1.165, 1.54) is 7.11 Å². The summed E-state index contributed by atoms with van der Waals surface area (Å²) in [6.45, 7) is 1.87. The average Bonchev–Trinajstić information content (AvgIpc) is 2.03. The number of carbonyl (C=O) groups excluding carboxylic acids is 1. The van der Waals surface area contributed by atoms with Gasteiger partial charge in [0.1, 0.15) is 0 Å². The highest BCUT2D eigenvalue weighted by Crippen LogP contribution is 2.26. The van der Waals surface area contributed by atoms with Gasteiger partial charge in [0.05, 0.1) is 7.11 Å². The van der Waals surface area contributed by atoms with Crippen LogP contribution in [0.25, 0.3) is 0 Å². The molecule has 0 radical (unpaired) electrons. The maximum Gasteiger partial charge on any atom is 0.334 e. The molecule has 1 rings (SSSR count). The Hall–Kier alpha value is -0.760. The molecule has 12 heavy (non-hydrogen) atoms. The highest BCUT2D eigenvalue weighted by Gasteiger charge is 2.16. The van der Waals surface area contributed by atoms with Crippen molar-refractivity contribution in [3.05, 3.63) is 22.3 Å². The first-order valence-electron chi connectivity index (χ1n) is 3.79. The Morgan fingerprint density at radius 3 is 2.75 bits per heavy atom. The van der Waals surface area contributed by atoms with E-state index in [4.69, 9.17) is 11.6 Å². The Kier molecular flexibility index (Phi) is 2.93. The van der Waals surface area contributed by atoms with Gasteiger partial charge in [-0.2, -0.15) is 0 Å². The molecular weight excluding hydrogens is 176 g/mol. The Morgan fingerprint density at radius 2 is 2.25 bits per heavy atom. The second-order valence-corrected chi connectivity index (χ2v) is 3.23. The van der Waals surface area contributed by atoms with E-state index in [0.29, 0.717) is 6.42 Å². The summed E-state index contributed by atoms with van der Waals surface area (Å²) in [5, 5.41) is 0.806. The van der Waals surface area contributed by atoms with Crippen LogP contribution >= 0.6 is 11.6 Å². The van der Waals surface area contributed by atoms with Crippen molar-refractivity contribution in [3.8, 4) is 0 Å². The van der Waals surface area contributed by atoms with E-state index in [1.54, 1.807) is 0 Å². The smallest absolute Gasteiger partial charge is 0.334 e. The van der Waals surface area contributed by atoms with Crippen molar-refractivity contribution in [2.24, 2.45) is 0 Å². The van der Waals surface area contributed by atoms with Crippen LogP contribution in [0.4, 0.5) is 0 Å².